The van der Waals surface area contributed by atoms with Crippen LogP contribution in [-0.2, 0) is 6.42 Å². The van der Waals surface area contributed by atoms with Gasteiger partial charge in [0.25, 0.3) is 0 Å². The Morgan fingerprint density at radius 2 is 1.81 bits per heavy atom. The van der Waals surface area contributed by atoms with Gasteiger partial charge in [-0.15, -0.1) is 0 Å². The van der Waals surface area contributed by atoms with Crippen LogP contribution in [0.4, 0.5) is 0 Å². The number of methoxy groups -OCH3 is 1. The van der Waals surface area contributed by atoms with Crippen LogP contribution in [0.25, 0.3) is 0 Å². The standard InChI is InChI=1S/C19H33NO/c1-6-7-8-13-19(3,4)15-20-16(2)14-17-9-11-18(21-5)12-10-17/h9-12,16,20H,6-8,13-15H2,1-5H3. The lowest BCUT2D eigenvalue weighted by molar-refractivity contribution is 0.289. The third kappa shape index (κ3) is 7.52. The minimum atomic E-state index is 0.392. The number of hydrogen-bond acceptors (Lipinski definition) is 2. The molecule has 0 heterocycles. The molecule has 0 amide bonds. The molecule has 1 rings (SSSR count). The van der Waals surface area contributed by atoms with E-state index in [1.54, 1.807) is 7.11 Å². The van der Waals surface area contributed by atoms with Crippen LogP contribution in [0.3, 0.4) is 0 Å². The van der Waals surface area contributed by atoms with Crippen LogP contribution >= 0.6 is 0 Å². The molecule has 0 radical (unpaired) electrons. The molecule has 1 aromatic carbocycles. The maximum absolute atomic E-state index is 5.20. The van der Waals surface area contributed by atoms with Crippen molar-refractivity contribution >= 4 is 0 Å². The molecule has 120 valence electrons. The Hall–Kier alpha value is -1.02. The SMILES string of the molecule is CCCCCC(C)(C)CNC(C)Cc1ccc(OC)cc1. The van der Waals surface area contributed by atoms with Crippen LogP contribution in [-0.4, -0.2) is 19.7 Å². The van der Waals surface area contributed by atoms with Crippen molar-refractivity contribution in [2.75, 3.05) is 13.7 Å². The number of ether oxygens (including phenoxy) is 1. The van der Waals surface area contributed by atoms with Gasteiger partial charge in [-0.2, -0.15) is 0 Å². The molecule has 0 saturated heterocycles. The fourth-order valence-electron chi connectivity index (χ4n) is 2.58. The van der Waals surface area contributed by atoms with Crippen molar-refractivity contribution < 1.29 is 4.74 Å². The molecule has 0 fully saturated rings. The van der Waals surface area contributed by atoms with Crippen molar-refractivity contribution in [1.29, 1.82) is 0 Å². The molecule has 0 aliphatic carbocycles. The van der Waals surface area contributed by atoms with Gasteiger partial charge in [0, 0.05) is 12.6 Å². The van der Waals surface area contributed by atoms with E-state index in [1.165, 1.54) is 31.2 Å². The maximum Gasteiger partial charge on any atom is 0.118 e. The molecule has 0 aliphatic rings. The van der Waals surface area contributed by atoms with Crippen molar-refractivity contribution in [3.05, 3.63) is 29.8 Å². The maximum atomic E-state index is 5.20. The molecule has 2 nitrogen and oxygen atoms in total. The Balaban J connectivity index is 2.33. The predicted molar refractivity (Wildman–Crippen MR) is 92.1 cm³/mol. The molecule has 1 N–H and O–H groups in total. The first-order valence-electron chi connectivity index (χ1n) is 8.33. The first kappa shape index (κ1) is 18.0. The van der Waals surface area contributed by atoms with E-state index >= 15 is 0 Å². The number of nitrogens with one attached hydrogen (secondary N) is 1. The third-order valence-corrected chi connectivity index (χ3v) is 4.09. The summed E-state index contributed by atoms with van der Waals surface area (Å²) in [6.45, 7) is 10.4. The normalized spacial score (nSPS) is 13.2. The van der Waals surface area contributed by atoms with Crippen LogP contribution in [0.2, 0.25) is 0 Å². The Kier molecular flexibility index (Phi) is 7.81. The monoisotopic (exact) mass is 291 g/mol. The number of benzene rings is 1. The summed E-state index contributed by atoms with van der Waals surface area (Å²) in [5.41, 5.74) is 1.75. The number of unbranched alkanes of at least 4 members (excludes halogenated alkanes) is 2. The second-order valence-electron chi connectivity index (χ2n) is 6.96. The quantitative estimate of drug-likeness (QED) is 0.624. The summed E-state index contributed by atoms with van der Waals surface area (Å²) in [6.07, 6.45) is 6.37. The second kappa shape index (κ2) is 9.09. The van der Waals surface area contributed by atoms with Crippen LogP contribution in [0.15, 0.2) is 24.3 Å². The molecule has 2 heteroatoms. The van der Waals surface area contributed by atoms with E-state index in [0.29, 0.717) is 11.5 Å². The van der Waals surface area contributed by atoms with Gasteiger partial charge in [0.2, 0.25) is 0 Å². The van der Waals surface area contributed by atoms with E-state index in [1.807, 2.05) is 12.1 Å². The topological polar surface area (TPSA) is 21.3 Å². The van der Waals surface area contributed by atoms with Gasteiger partial charge in [-0.25, -0.2) is 0 Å². The Morgan fingerprint density at radius 1 is 1.14 bits per heavy atom. The first-order chi connectivity index (χ1) is 9.96. The second-order valence-corrected chi connectivity index (χ2v) is 6.96. The summed E-state index contributed by atoms with van der Waals surface area (Å²) in [6, 6.07) is 8.89. The summed E-state index contributed by atoms with van der Waals surface area (Å²) in [7, 11) is 1.71. The van der Waals surface area contributed by atoms with Gasteiger partial charge in [0.1, 0.15) is 5.75 Å². The average Bonchev–Trinajstić information content (AvgIpc) is 2.46. The molecule has 0 bridgehead atoms. The summed E-state index contributed by atoms with van der Waals surface area (Å²) in [5.74, 6) is 0.927. The Labute approximate surface area is 131 Å². The van der Waals surface area contributed by atoms with Gasteiger partial charge in [0.15, 0.2) is 0 Å². The van der Waals surface area contributed by atoms with Crippen LogP contribution < -0.4 is 10.1 Å². The van der Waals surface area contributed by atoms with Crippen molar-refractivity contribution in [1.82, 2.24) is 5.32 Å². The van der Waals surface area contributed by atoms with E-state index in [-0.39, 0.29) is 0 Å². The van der Waals surface area contributed by atoms with E-state index in [4.69, 9.17) is 4.74 Å². The van der Waals surface area contributed by atoms with Crippen molar-refractivity contribution in [2.24, 2.45) is 5.41 Å². The van der Waals surface area contributed by atoms with Gasteiger partial charge < -0.3 is 10.1 Å². The summed E-state index contributed by atoms with van der Waals surface area (Å²) < 4.78 is 5.20. The van der Waals surface area contributed by atoms with Gasteiger partial charge in [-0.05, 0) is 42.9 Å². The molecule has 0 saturated carbocycles. The van der Waals surface area contributed by atoms with E-state index in [9.17, 15) is 0 Å². The van der Waals surface area contributed by atoms with E-state index in [2.05, 4.69) is 45.1 Å². The largest absolute Gasteiger partial charge is 0.497 e. The summed E-state index contributed by atoms with van der Waals surface area (Å²) >= 11 is 0. The zero-order valence-electron chi connectivity index (χ0n) is 14.5. The predicted octanol–water partition coefficient (Wildman–Crippen LogP) is 4.82. The highest BCUT2D eigenvalue weighted by atomic mass is 16.5. The van der Waals surface area contributed by atoms with Crippen molar-refractivity contribution in [3.8, 4) is 5.75 Å². The van der Waals surface area contributed by atoms with E-state index in [0.717, 1.165) is 18.7 Å². The van der Waals surface area contributed by atoms with Crippen LogP contribution in [0, 0.1) is 5.41 Å². The zero-order chi connectivity index (χ0) is 15.7. The highest BCUT2D eigenvalue weighted by molar-refractivity contribution is 5.27. The van der Waals surface area contributed by atoms with Gasteiger partial charge >= 0.3 is 0 Å². The lowest BCUT2D eigenvalue weighted by Crippen LogP contribution is -2.36. The Morgan fingerprint density at radius 3 is 2.38 bits per heavy atom. The molecular formula is C19H33NO. The third-order valence-electron chi connectivity index (χ3n) is 4.09. The minimum absolute atomic E-state index is 0.392. The zero-order valence-corrected chi connectivity index (χ0v) is 14.5. The number of hydrogen-bond donors (Lipinski definition) is 1. The average molecular weight is 291 g/mol. The van der Waals surface area contributed by atoms with E-state index < -0.39 is 0 Å². The molecule has 0 spiro atoms. The number of rotatable bonds is 10. The molecule has 0 aromatic heterocycles. The van der Waals surface area contributed by atoms with Gasteiger partial charge in [-0.3, -0.25) is 0 Å². The lowest BCUT2D eigenvalue weighted by atomic mass is 9.86. The molecule has 1 unspecified atom stereocenters. The molecule has 21 heavy (non-hydrogen) atoms. The molecule has 1 atom stereocenters. The highest BCUT2D eigenvalue weighted by Crippen LogP contribution is 2.23. The van der Waals surface area contributed by atoms with Crippen LogP contribution in [0.1, 0.15) is 58.9 Å². The highest BCUT2D eigenvalue weighted by Gasteiger charge is 2.18. The summed E-state index contributed by atoms with van der Waals surface area (Å²) in [5, 5.41) is 3.70. The lowest BCUT2D eigenvalue weighted by Gasteiger charge is -2.27. The first-order valence-corrected chi connectivity index (χ1v) is 8.33. The fourth-order valence-corrected chi connectivity index (χ4v) is 2.58. The molecule has 0 aliphatic heterocycles. The van der Waals surface area contributed by atoms with Gasteiger partial charge in [-0.1, -0.05) is 52.2 Å². The van der Waals surface area contributed by atoms with Gasteiger partial charge in [0.05, 0.1) is 7.11 Å². The molecule has 1 aromatic rings. The van der Waals surface area contributed by atoms with Crippen LogP contribution in [0.5, 0.6) is 5.75 Å². The summed E-state index contributed by atoms with van der Waals surface area (Å²) in [4.78, 5) is 0. The van der Waals surface area contributed by atoms with Crippen molar-refractivity contribution in [3.63, 3.8) is 0 Å². The smallest absolute Gasteiger partial charge is 0.118 e. The van der Waals surface area contributed by atoms with Crippen molar-refractivity contribution in [2.45, 2.75) is 65.8 Å². The Bertz CT molecular complexity index is 383. The molecular weight excluding hydrogens is 258 g/mol. The minimum Gasteiger partial charge on any atom is -0.497 e. The fraction of sp³-hybridized carbons (Fsp3) is 0.684.